The molecule has 1 aromatic carbocycles. The van der Waals surface area contributed by atoms with Crippen LogP contribution in [0.4, 0.5) is 5.69 Å². The molecular formula is C17H18N2O4. The van der Waals surface area contributed by atoms with Crippen LogP contribution in [-0.4, -0.2) is 30.7 Å². The van der Waals surface area contributed by atoms with Gasteiger partial charge in [-0.05, 0) is 44.4 Å². The van der Waals surface area contributed by atoms with Crippen molar-refractivity contribution in [2.75, 3.05) is 18.6 Å². The van der Waals surface area contributed by atoms with Crippen molar-refractivity contribution >= 4 is 17.6 Å². The van der Waals surface area contributed by atoms with Crippen LogP contribution in [0.1, 0.15) is 44.2 Å². The Morgan fingerprint density at radius 2 is 2.09 bits per heavy atom. The van der Waals surface area contributed by atoms with Gasteiger partial charge in [0.2, 0.25) is 0 Å². The van der Waals surface area contributed by atoms with Crippen molar-refractivity contribution < 1.29 is 18.8 Å². The number of esters is 1. The summed E-state index contributed by atoms with van der Waals surface area (Å²) in [5.41, 5.74) is 3.18. The van der Waals surface area contributed by atoms with E-state index in [0.29, 0.717) is 29.1 Å². The number of aryl methyl sites for hydroxylation is 2. The summed E-state index contributed by atoms with van der Waals surface area (Å²) < 4.78 is 9.94. The number of hydrogen-bond donors (Lipinski definition) is 0. The number of benzene rings is 1. The Morgan fingerprint density at radius 1 is 1.30 bits per heavy atom. The number of methoxy groups -OCH3 is 1. The van der Waals surface area contributed by atoms with Crippen LogP contribution in [0.15, 0.2) is 22.7 Å². The van der Waals surface area contributed by atoms with Crippen molar-refractivity contribution in [1.29, 1.82) is 0 Å². The molecule has 0 saturated heterocycles. The number of anilines is 1. The van der Waals surface area contributed by atoms with Gasteiger partial charge >= 0.3 is 5.97 Å². The van der Waals surface area contributed by atoms with E-state index in [9.17, 15) is 9.59 Å². The SMILES string of the molecule is COC(=O)c1cccc2c1CCCN2C(=O)c1c(C)noc1C. The van der Waals surface area contributed by atoms with Gasteiger partial charge in [-0.2, -0.15) is 0 Å². The first-order chi connectivity index (χ1) is 11.0. The Hall–Kier alpha value is -2.63. The molecule has 1 aliphatic rings. The molecule has 0 saturated carbocycles. The third kappa shape index (κ3) is 2.50. The van der Waals surface area contributed by atoms with Crippen molar-refractivity contribution in [3.8, 4) is 0 Å². The third-order valence-electron chi connectivity index (χ3n) is 4.15. The first-order valence-electron chi connectivity index (χ1n) is 7.49. The first-order valence-corrected chi connectivity index (χ1v) is 7.49. The van der Waals surface area contributed by atoms with Gasteiger partial charge in [0.1, 0.15) is 11.3 Å². The number of rotatable bonds is 2. The minimum atomic E-state index is -0.381. The van der Waals surface area contributed by atoms with E-state index in [2.05, 4.69) is 5.16 Å². The summed E-state index contributed by atoms with van der Waals surface area (Å²) in [5.74, 6) is -0.0264. The van der Waals surface area contributed by atoms with Crippen LogP contribution in [0, 0.1) is 13.8 Å². The minimum Gasteiger partial charge on any atom is -0.465 e. The molecule has 6 heteroatoms. The molecule has 2 heterocycles. The minimum absolute atomic E-state index is 0.149. The standard InChI is InChI=1S/C17H18N2O4/c1-10-15(11(2)23-18-10)16(20)19-9-5-7-12-13(17(21)22-3)6-4-8-14(12)19/h4,6,8H,5,7,9H2,1-3H3. The summed E-state index contributed by atoms with van der Waals surface area (Å²) in [6, 6.07) is 5.36. The maximum atomic E-state index is 12.9. The second-order valence-corrected chi connectivity index (χ2v) is 5.55. The Balaban J connectivity index is 2.06. The maximum absolute atomic E-state index is 12.9. The quantitative estimate of drug-likeness (QED) is 0.797. The lowest BCUT2D eigenvalue weighted by Gasteiger charge is -2.30. The van der Waals surface area contributed by atoms with Gasteiger partial charge in [-0.3, -0.25) is 4.79 Å². The molecule has 6 nitrogen and oxygen atoms in total. The highest BCUT2D eigenvalue weighted by atomic mass is 16.5. The molecule has 1 amide bonds. The Labute approximate surface area is 134 Å². The van der Waals surface area contributed by atoms with Gasteiger partial charge in [0.15, 0.2) is 0 Å². The molecule has 0 fully saturated rings. The second-order valence-electron chi connectivity index (χ2n) is 5.55. The van der Waals surface area contributed by atoms with Gasteiger partial charge in [0.05, 0.1) is 18.4 Å². The molecule has 0 radical (unpaired) electrons. The first kappa shape index (κ1) is 15.3. The van der Waals surface area contributed by atoms with Gasteiger partial charge in [-0.1, -0.05) is 11.2 Å². The number of aromatic nitrogens is 1. The van der Waals surface area contributed by atoms with Gasteiger partial charge in [-0.15, -0.1) is 0 Å². The highest BCUT2D eigenvalue weighted by molar-refractivity contribution is 6.08. The van der Waals surface area contributed by atoms with Crippen LogP contribution in [0.2, 0.25) is 0 Å². The smallest absolute Gasteiger partial charge is 0.338 e. The van der Waals surface area contributed by atoms with Gasteiger partial charge in [0, 0.05) is 12.2 Å². The van der Waals surface area contributed by atoms with E-state index in [0.717, 1.165) is 24.1 Å². The zero-order chi connectivity index (χ0) is 16.6. The van der Waals surface area contributed by atoms with Crippen molar-refractivity contribution in [3.63, 3.8) is 0 Å². The average Bonchev–Trinajstić information content (AvgIpc) is 2.91. The summed E-state index contributed by atoms with van der Waals surface area (Å²) in [7, 11) is 1.36. The van der Waals surface area contributed by atoms with E-state index < -0.39 is 0 Å². The molecule has 0 bridgehead atoms. The van der Waals surface area contributed by atoms with E-state index in [-0.39, 0.29) is 11.9 Å². The topological polar surface area (TPSA) is 72.6 Å². The lowest BCUT2D eigenvalue weighted by molar-refractivity contribution is 0.0599. The molecule has 23 heavy (non-hydrogen) atoms. The average molecular weight is 314 g/mol. The number of carbonyl (C=O) groups excluding carboxylic acids is 2. The Morgan fingerprint density at radius 3 is 2.74 bits per heavy atom. The monoisotopic (exact) mass is 314 g/mol. The molecule has 0 spiro atoms. The summed E-state index contributed by atoms with van der Waals surface area (Å²) in [6.45, 7) is 4.07. The van der Waals surface area contributed by atoms with Gasteiger partial charge < -0.3 is 14.2 Å². The number of amides is 1. The summed E-state index contributed by atoms with van der Waals surface area (Å²) in [6.07, 6.45) is 1.53. The van der Waals surface area contributed by atoms with E-state index in [1.54, 1.807) is 30.9 Å². The third-order valence-corrected chi connectivity index (χ3v) is 4.15. The Kier molecular flexibility index (Phi) is 3.90. The number of nitrogens with zero attached hydrogens (tertiary/aromatic N) is 2. The number of ether oxygens (including phenoxy) is 1. The molecule has 3 rings (SSSR count). The van der Waals surface area contributed by atoms with Crippen LogP contribution in [0.5, 0.6) is 0 Å². The van der Waals surface area contributed by atoms with E-state index in [1.165, 1.54) is 7.11 Å². The largest absolute Gasteiger partial charge is 0.465 e. The van der Waals surface area contributed by atoms with Crippen LogP contribution in [0.25, 0.3) is 0 Å². The fourth-order valence-electron chi connectivity index (χ4n) is 3.06. The summed E-state index contributed by atoms with van der Waals surface area (Å²) in [4.78, 5) is 26.6. The second kappa shape index (κ2) is 5.87. The molecule has 0 atom stereocenters. The Bertz CT molecular complexity index is 759. The fraction of sp³-hybridized carbons (Fsp3) is 0.353. The van der Waals surface area contributed by atoms with E-state index >= 15 is 0 Å². The van der Waals surface area contributed by atoms with Crippen LogP contribution in [0.3, 0.4) is 0 Å². The molecule has 2 aromatic rings. The van der Waals surface area contributed by atoms with Gasteiger partial charge in [0.25, 0.3) is 5.91 Å². The summed E-state index contributed by atoms with van der Waals surface area (Å²) in [5, 5.41) is 3.85. The molecule has 0 unspecified atom stereocenters. The maximum Gasteiger partial charge on any atom is 0.338 e. The van der Waals surface area contributed by atoms with Crippen LogP contribution >= 0.6 is 0 Å². The molecular weight excluding hydrogens is 296 g/mol. The van der Waals surface area contributed by atoms with Gasteiger partial charge in [-0.25, -0.2) is 4.79 Å². The zero-order valence-corrected chi connectivity index (χ0v) is 13.4. The fourth-order valence-corrected chi connectivity index (χ4v) is 3.06. The normalized spacial score (nSPS) is 13.6. The van der Waals surface area contributed by atoms with Crippen molar-refractivity contribution in [2.24, 2.45) is 0 Å². The van der Waals surface area contributed by atoms with Crippen molar-refractivity contribution in [1.82, 2.24) is 5.16 Å². The molecule has 1 aliphatic heterocycles. The lowest BCUT2D eigenvalue weighted by Crippen LogP contribution is -2.36. The molecule has 0 N–H and O–H groups in total. The lowest BCUT2D eigenvalue weighted by atomic mass is 9.95. The predicted molar refractivity (Wildman–Crippen MR) is 83.8 cm³/mol. The number of carbonyl (C=O) groups is 2. The van der Waals surface area contributed by atoms with Crippen LogP contribution < -0.4 is 4.90 Å². The highest BCUT2D eigenvalue weighted by Gasteiger charge is 2.30. The zero-order valence-electron chi connectivity index (χ0n) is 13.4. The summed E-state index contributed by atoms with van der Waals surface area (Å²) >= 11 is 0. The number of hydrogen-bond acceptors (Lipinski definition) is 5. The molecule has 1 aromatic heterocycles. The van der Waals surface area contributed by atoms with E-state index in [4.69, 9.17) is 9.26 Å². The molecule has 120 valence electrons. The highest BCUT2D eigenvalue weighted by Crippen LogP contribution is 2.32. The van der Waals surface area contributed by atoms with Crippen molar-refractivity contribution in [3.05, 3.63) is 46.3 Å². The van der Waals surface area contributed by atoms with Crippen LogP contribution in [-0.2, 0) is 11.2 Å². The molecule has 0 aliphatic carbocycles. The predicted octanol–water partition coefficient (Wildman–Crippen LogP) is 2.67. The van der Waals surface area contributed by atoms with E-state index in [1.807, 2.05) is 6.07 Å². The van der Waals surface area contributed by atoms with Crippen molar-refractivity contribution in [2.45, 2.75) is 26.7 Å². The number of fused-ring (bicyclic) bond motifs is 1.